The third kappa shape index (κ3) is 8.83. The Morgan fingerprint density at radius 1 is 0.574 bits per heavy atom. The lowest BCUT2D eigenvalue weighted by Gasteiger charge is -2.46. The first kappa shape index (κ1) is 40.4. The molecule has 4 saturated carbocycles. The Hall–Kier alpha value is 0.650. The second-order valence-electron chi connectivity index (χ2n) is 14.1. The molecule has 0 heterocycles. The predicted octanol–water partition coefficient (Wildman–Crippen LogP) is 8.14. The normalized spacial score (nSPS) is 44.8. The van der Waals surface area contributed by atoms with E-state index in [1.807, 2.05) is 0 Å². The molecule has 4 aliphatic carbocycles. The van der Waals surface area contributed by atoms with Gasteiger partial charge in [0.1, 0.15) is 6.10 Å². The number of carboxylic acids is 2. The number of hydrogen-bond donors (Lipinski definition) is 2. The molecule has 0 aromatic carbocycles. The highest BCUT2D eigenvalue weighted by molar-refractivity contribution is 6.40. The van der Waals surface area contributed by atoms with E-state index >= 15 is 0 Å². The van der Waals surface area contributed by atoms with Gasteiger partial charge in [0, 0.05) is 5.92 Å². The van der Waals surface area contributed by atoms with Gasteiger partial charge in [0.05, 0.1) is 73.5 Å². The summed E-state index contributed by atoms with van der Waals surface area (Å²) in [6.07, 6.45) is 6.01. The lowest BCUT2D eigenvalue weighted by Crippen LogP contribution is -2.56. The molecule has 270 valence electrons. The zero-order chi connectivity index (χ0) is 35.0. The number of hydrogen-bond acceptors (Lipinski definition) is 6. The molecule has 0 aromatic rings. The van der Waals surface area contributed by atoms with Crippen molar-refractivity contribution in [1.82, 2.24) is 0 Å². The fourth-order valence-electron chi connectivity index (χ4n) is 8.06. The fourth-order valence-corrected chi connectivity index (χ4v) is 11.3. The summed E-state index contributed by atoms with van der Waals surface area (Å²) in [4.78, 5) is 48.4. The minimum Gasteiger partial charge on any atom is -0.481 e. The number of aliphatic carboxylic acids is 2. The molecular formula is C31H42Cl8O8. The van der Waals surface area contributed by atoms with E-state index in [4.69, 9.17) is 107 Å². The first-order valence-electron chi connectivity index (χ1n) is 16.1. The summed E-state index contributed by atoms with van der Waals surface area (Å²) < 4.78 is 5.82. The molecule has 4 aliphatic rings. The summed E-state index contributed by atoms with van der Waals surface area (Å²) in [5.41, 5.74) is 0.0261. The Labute approximate surface area is 315 Å². The SMILES string of the molecule is CC(C)(C1CCC(OOCC2C(Cl)C(Cl)C(Cl)C(Cl)C2C(=O)O)CC1)C1CCC(OC(=O)C2C(Cl)C(Cl)C(Cl)C(Cl)C2C(=O)O)CC1. The maximum atomic E-state index is 13.2. The van der Waals surface area contributed by atoms with Crippen molar-refractivity contribution in [3.05, 3.63) is 0 Å². The van der Waals surface area contributed by atoms with Crippen LogP contribution in [0, 0.1) is 40.9 Å². The smallest absolute Gasteiger partial charge is 0.311 e. The molecule has 4 fully saturated rings. The molecule has 0 radical (unpaired) electrons. The fraction of sp³-hybridized carbons (Fsp3) is 0.903. The minimum atomic E-state index is -1.30. The summed E-state index contributed by atoms with van der Waals surface area (Å²) in [5, 5.41) is 12.5. The van der Waals surface area contributed by atoms with Gasteiger partial charge in [0.2, 0.25) is 0 Å². The highest BCUT2D eigenvalue weighted by Crippen LogP contribution is 2.50. The van der Waals surface area contributed by atoms with Crippen LogP contribution in [0.15, 0.2) is 0 Å². The molecule has 0 aromatic heterocycles. The molecule has 8 nitrogen and oxygen atoms in total. The first-order chi connectivity index (χ1) is 22.0. The number of carbonyl (C=O) groups is 3. The van der Waals surface area contributed by atoms with E-state index in [-0.39, 0.29) is 24.2 Å². The zero-order valence-corrected chi connectivity index (χ0v) is 32.0. The van der Waals surface area contributed by atoms with Gasteiger partial charge in [-0.2, -0.15) is 0 Å². The van der Waals surface area contributed by atoms with Crippen molar-refractivity contribution < 1.29 is 39.1 Å². The maximum Gasteiger partial charge on any atom is 0.311 e. The van der Waals surface area contributed by atoms with Crippen molar-refractivity contribution in [2.24, 2.45) is 40.9 Å². The number of carboxylic acid groups (broad SMARTS) is 2. The maximum absolute atomic E-state index is 13.2. The van der Waals surface area contributed by atoms with Gasteiger partial charge >= 0.3 is 17.9 Å². The molecular weight excluding hydrogens is 784 g/mol. The van der Waals surface area contributed by atoms with Gasteiger partial charge in [-0.1, -0.05) is 13.8 Å². The van der Waals surface area contributed by atoms with Gasteiger partial charge in [0.15, 0.2) is 0 Å². The third-order valence-corrected chi connectivity index (χ3v) is 16.3. The van der Waals surface area contributed by atoms with E-state index in [1.54, 1.807) is 0 Å². The molecule has 4 rings (SSSR count). The molecule has 0 aliphatic heterocycles. The monoisotopic (exact) mass is 822 g/mol. The van der Waals surface area contributed by atoms with Crippen molar-refractivity contribution >= 4 is 111 Å². The Morgan fingerprint density at radius 3 is 1.45 bits per heavy atom. The van der Waals surface area contributed by atoms with Crippen molar-refractivity contribution in [1.29, 1.82) is 0 Å². The van der Waals surface area contributed by atoms with Gasteiger partial charge in [0.25, 0.3) is 0 Å². The van der Waals surface area contributed by atoms with Crippen molar-refractivity contribution in [3.8, 4) is 0 Å². The van der Waals surface area contributed by atoms with Crippen molar-refractivity contribution in [3.63, 3.8) is 0 Å². The molecule has 0 saturated heterocycles. The van der Waals surface area contributed by atoms with E-state index in [0.29, 0.717) is 24.7 Å². The van der Waals surface area contributed by atoms with Gasteiger partial charge in [-0.15, -0.1) is 92.8 Å². The summed E-state index contributed by atoms with van der Waals surface area (Å²) in [5.74, 6) is -6.39. The van der Waals surface area contributed by atoms with E-state index < -0.39 is 84.6 Å². The molecule has 2 N–H and O–H groups in total. The number of halogens is 8. The van der Waals surface area contributed by atoms with Crippen LogP contribution in [-0.2, 0) is 28.9 Å². The highest BCUT2D eigenvalue weighted by Gasteiger charge is 2.56. The van der Waals surface area contributed by atoms with E-state index in [9.17, 15) is 24.6 Å². The van der Waals surface area contributed by atoms with Crippen LogP contribution < -0.4 is 0 Å². The summed E-state index contributed by atoms with van der Waals surface area (Å²) >= 11 is 50.6. The van der Waals surface area contributed by atoms with Crippen LogP contribution in [0.5, 0.6) is 0 Å². The van der Waals surface area contributed by atoms with E-state index in [1.165, 1.54) is 0 Å². The van der Waals surface area contributed by atoms with E-state index in [2.05, 4.69) is 13.8 Å². The van der Waals surface area contributed by atoms with Crippen molar-refractivity contribution in [2.75, 3.05) is 6.61 Å². The van der Waals surface area contributed by atoms with Crippen LogP contribution in [0.1, 0.15) is 65.2 Å². The standard InChI is InChI=1S/C31H42Cl8O8/c1-31(2,12-3-7-14(8-4-12)46-30(44)19-18(29(42)43)22(34)26(38)27(39)23(19)35)13-5-9-15(10-6-13)47-45-11-16-17(28(40)41)21(33)25(37)24(36)20(16)32/h12-27H,3-11H2,1-2H3,(H,40,41)(H,42,43). The summed E-state index contributed by atoms with van der Waals surface area (Å²) in [6, 6.07) is 0. The molecule has 16 heteroatoms. The molecule has 0 spiro atoms. The first-order valence-corrected chi connectivity index (χ1v) is 19.5. The molecule has 47 heavy (non-hydrogen) atoms. The summed E-state index contributed by atoms with van der Waals surface area (Å²) in [6.45, 7) is 4.52. The Morgan fingerprint density at radius 2 is 0.979 bits per heavy atom. The molecule has 12 unspecified atom stereocenters. The quantitative estimate of drug-likeness (QED) is 0.0982. The topological polar surface area (TPSA) is 119 Å². The average molecular weight is 826 g/mol. The lowest BCUT2D eigenvalue weighted by atomic mass is 9.60. The molecule has 12 atom stereocenters. The number of carbonyl (C=O) groups excluding carboxylic acids is 1. The molecule has 0 amide bonds. The van der Waals surface area contributed by atoms with Crippen LogP contribution in [0.3, 0.4) is 0 Å². The lowest BCUT2D eigenvalue weighted by molar-refractivity contribution is -0.337. The number of ether oxygens (including phenoxy) is 1. The Balaban J connectivity index is 1.23. The Kier molecular flexibility index (Phi) is 14.6. The van der Waals surface area contributed by atoms with Gasteiger partial charge in [-0.3, -0.25) is 14.4 Å². The van der Waals surface area contributed by atoms with Gasteiger partial charge in [-0.05, 0) is 68.6 Å². The predicted molar refractivity (Wildman–Crippen MR) is 185 cm³/mol. The van der Waals surface area contributed by atoms with E-state index in [0.717, 1.165) is 38.5 Å². The van der Waals surface area contributed by atoms with Crippen LogP contribution in [0.4, 0.5) is 0 Å². The van der Waals surface area contributed by atoms with Gasteiger partial charge in [-0.25, -0.2) is 9.78 Å². The number of alkyl halides is 8. The van der Waals surface area contributed by atoms with Crippen LogP contribution >= 0.6 is 92.8 Å². The number of esters is 1. The van der Waals surface area contributed by atoms with Crippen LogP contribution in [0.2, 0.25) is 0 Å². The average Bonchev–Trinajstić information content (AvgIpc) is 3.03. The van der Waals surface area contributed by atoms with Crippen molar-refractivity contribution in [2.45, 2.75) is 120 Å². The van der Waals surface area contributed by atoms with Crippen LogP contribution in [-0.4, -0.2) is 90.0 Å². The molecule has 0 bridgehead atoms. The zero-order valence-electron chi connectivity index (χ0n) is 26.0. The van der Waals surface area contributed by atoms with Gasteiger partial charge < -0.3 is 14.9 Å². The second kappa shape index (κ2) is 17.0. The third-order valence-electron chi connectivity index (χ3n) is 11.2. The highest BCUT2D eigenvalue weighted by atomic mass is 35.5. The van der Waals surface area contributed by atoms with Crippen LogP contribution in [0.25, 0.3) is 0 Å². The Bertz CT molecular complexity index is 1100. The largest absolute Gasteiger partial charge is 0.481 e. The summed E-state index contributed by atoms with van der Waals surface area (Å²) in [7, 11) is 0. The second-order valence-corrected chi connectivity index (χ2v) is 18.1. The number of rotatable bonds is 10. The minimum absolute atomic E-state index is 0.0261.